The molecular formula is C19H22N4. The van der Waals surface area contributed by atoms with Crippen molar-refractivity contribution in [1.82, 2.24) is 9.88 Å². The Labute approximate surface area is 137 Å². The van der Waals surface area contributed by atoms with Gasteiger partial charge in [0.25, 0.3) is 0 Å². The smallest absolute Gasteiger partial charge is 0.144 e. The first-order valence-electron chi connectivity index (χ1n) is 8.08. The lowest BCUT2D eigenvalue weighted by Crippen LogP contribution is -2.34. The number of nitrogens with zero attached hydrogens (tertiary/aromatic N) is 3. The Morgan fingerprint density at radius 3 is 2.83 bits per heavy atom. The molecule has 0 amide bonds. The number of anilines is 1. The first kappa shape index (κ1) is 15.5. The molecule has 1 aromatic heterocycles. The molecule has 0 spiro atoms. The second-order valence-electron chi connectivity index (χ2n) is 6.14. The third-order valence-electron chi connectivity index (χ3n) is 4.39. The molecule has 118 valence electrons. The van der Waals surface area contributed by atoms with Gasteiger partial charge >= 0.3 is 0 Å². The first-order valence-corrected chi connectivity index (χ1v) is 8.08. The SMILES string of the molecule is Cc1cc(C)c(C#N)c(NCCN2CCc3ccccc3C2)n1. The third kappa shape index (κ3) is 3.52. The zero-order valence-electron chi connectivity index (χ0n) is 13.8. The zero-order chi connectivity index (χ0) is 16.2. The van der Waals surface area contributed by atoms with Gasteiger partial charge < -0.3 is 5.32 Å². The number of aryl methyl sites for hydroxylation is 2. The van der Waals surface area contributed by atoms with Gasteiger partial charge in [-0.05, 0) is 43.0 Å². The maximum Gasteiger partial charge on any atom is 0.144 e. The van der Waals surface area contributed by atoms with E-state index >= 15 is 0 Å². The highest BCUT2D eigenvalue weighted by Crippen LogP contribution is 2.19. The van der Waals surface area contributed by atoms with Crippen molar-refractivity contribution in [2.45, 2.75) is 26.8 Å². The van der Waals surface area contributed by atoms with Crippen LogP contribution >= 0.6 is 0 Å². The molecule has 0 bridgehead atoms. The van der Waals surface area contributed by atoms with Gasteiger partial charge in [-0.15, -0.1) is 0 Å². The van der Waals surface area contributed by atoms with E-state index in [2.05, 4.69) is 45.5 Å². The van der Waals surface area contributed by atoms with Crippen LogP contribution in [0, 0.1) is 25.2 Å². The molecule has 0 saturated carbocycles. The van der Waals surface area contributed by atoms with E-state index in [1.807, 2.05) is 19.9 Å². The standard InChI is InChI=1S/C19H22N4/c1-14-11-15(2)22-19(18(14)12-20)21-8-10-23-9-7-16-5-3-4-6-17(16)13-23/h3-6,11H,7-10,13H2,1-2H3,(H,21,22). The number of nitrogens with one attached hydrogen (secondary N) is 1. The molecule has 0 saturated heterocycles. The highest BCUT2D eigenvalue weighted by molar-refractivity contribution is 5.56. The summed E-state index contributed by atoms with van der Waals surface area (Å²) in [6.07, 6.45) is 1.11. The topological polar surface area (TPSA) is 52.0 Å². The van der Waals surface area contributed by atoms with E-state index < -0.39 is 0 Å². The van der Waals surface area contributed by atoms with E-state index in [0.29, 0.717) is 11.4 Å². The summed E-state index contributed by atoms with van der Waals surface area (Å²) >= 11 is 0. The minimum atomic E-state index is 0.652. The van der Waals surface area contributed by atoms with Crippen LogP contribution in [0.4, 0.5) is 5.82 Å². The normalized spacial score (nSPS) is 14.1. The second kappa shape index (κ2) is 6.80. The van der Waals surface area contributed by atoms with Crippen LogP contribution in [0.2, 0.25) is 0 Å². The van der Waals surface area contributed by atoms with Crippen LogP contribution in [0.15, 0.2) is 30.3 Å². The number of benzene rings is 1. The molecule has 0 atom stereocenters. The molecule has 4 nitrogen and oxygen atoms in total. The molecule has 23 heavy (non-hydrogen) atoms. The predicted molar refractivity (Wildman–Crippen MR) is 92.3 cm³/mol. The van der Waals surface area contributed by atoms with Crippen molar-refractivity contribution in [1.29, 1.82) is 5.26 Å². The number of nitriles is 1. The summed E-state index contributed by atoms with van der Waals surface area (Å²) in [5.41, 5.74) is 5.48. The summed E-state index contributed by atoms with van der Waals surface area (Å²) in [5.74, 6) is 0.711. The zero-order valence-corrected chi connectivity index (χ0v) is 13.8. The van der Waals surface area contributed by atoms with Gasteiger partial charge in [0.2, 0.25) is 0 Å². The van der Waals surface area contributed by atoms with Crippen LogP contribution in [0.5, 0.6) is 0 Å². The number of hydrogen-bond acceptors (Lipinski definition) is 4. The van der Waals surface area contributed by atoms with Crippen LogP contribution in [0.25, 0.3) is 0 Å². The minimum absolute atomic E-state index is 0.652. The van der Waals surface area contributed by atoms with Crippen LogP contribution in [-0.2, 0) is 13.0 Å². The summed E-state index contributed by atoms with van der Waals surface area (Å²) < 4.78 is 0. The fraction of sp³-hybridized carbons (Fsp3) is 0.368. The Morgan fingerprint density at radius 1 is 1.26 bits per heavy atom. The fourth-order valence-electron chi connectivity index (χ4n) is 3.18. The molecule has 0 fully saturated rings. The Balaban J connectivity index is 1.60. The predicted octanol–water partition coefficient (Wildman–Crippen LogP) is 3.04. The van der Waals surface area contributed by atoms with E-state index in [4.69, 9.17) is 0 Å². The molecule has 1 N–H and O–H groups in total. The van der Waals surface area contributed by atoms with Gasteiger partial charge in [0.05, 0.1) is 5.56 Å². The van der Waals surface area contributed by atoms with Gasteiger partial charge in [-0.1, -0.05) is 24.3 Å². The van der Waals surface area contributed by atoms with Gasteiger partial charge in [0.15, 0.2) is 0 Å². The van der Waals surface area contributed by atoms with Gasteiger partial charge in [0.1, 0.15) is 11.9 Å². The Bertz CT molecular complexity index is 746. The van der Waals surface area contributed by atoms with E-state index in [-0.39, 0.29) is 0 Å². The molecule has 1 aromatic carbocycles. The monoisotopic (exact) mass is 306 g/mol. The van der Waals surface area contributed by atoms with Crippen molar-refractivity contribution in [3.8, 4) is 6.07 Å². The van der Waals surface area contributed by atoms with E-state index in [1.165, 1.54) is 11.1 Å². The largest absolute Gasteiger partial charge is 0.368 e. The number of rotatable bonds is 4. The van der Waals surface area contributed by atoms with Crippen molar-refractivity contribution in [2.75, 3.05) is 25.0 Å². The molecule has 1 aliphatic heterocycles. The molecule has 2 heterocycles. The maximum atomic E-state index is 9.31. The maximum absolute atomic E-state index is 9.31. The molecule has 3 rings (SSSR count). The van der Waals surface area contributed by atoms with Gasteiger partial charge in [-0.25, -0.2) is 4.98 Å². The molecule has 0 radical (unpaired) electrons. The highest BCUT2D eigenvalue weighted by Gasteiger charge is 2.15. The fourth-order valence-corrected chi connectivity index (χ4v) is 3.18. The average Bonchev–Trinajstić information content (AvgIpc) is 2.54. The number of pyridine rings is 1. The summed E-state index contributed by atoms with van der Waals surface area (Å²) in [5, 5.41) is 12.6. The lowest BCUT2D eigenvalue weighted by Gasteiger charge is -2.28. The molecule has 2 aromatic rings. The Kier molecular flexibility index (Phi) is 4.59. The molecule has 0 unspecified atom stereocenters. The molecule has 4 heteroatoms. The van der Waals surface area contributed by atoms with Crippen molar-refractivity contribution >= 4 is 5.82 Å². The first-order chi connectivity index (χ1) is 11.2. The van der Waals surface area contributed by atoms with Crippen molar-refractivity contribution in [3.63, 3.8) is 0 Å². The summed E-state index contributed by atoms with van der Waals surface area (Å²) in [6.45, 7) is 7.76. The lowest BCUT2D eigenvalue weighted by atomic mass is 10.00. The average molecular weight is 306 g/mol. The van der Waals surface area contributed by atoms with Crippen molar-refractivity contribution in [2.24, 2.45) is 0 Å². The van der Waals surface area contributed by atoms with Gasteiger partial charge in [-0.2, -0.15) is 5.26 Å². The summed E-state index contributed by atoms with van der Waals surface area (Å²) in [6, 6.07) is 12.9. The minimum Gasteiger partial charge on any atom is -0.368 e. The van der Waals surface area contributed by atoms with E-state index in [0.717, 1.165) is 43.9 Å². The lowest BCUT2D eigenvalue weighted by molar-refractivity contribution is 0.264. The Hall–Kier alpha value is -2.38. The van der Waals surface area contributed by atoms with E-state index in [1.54, 1.807) is 0 Å². The van der Waals surface area contributed by atoms with E-state index in [9.17, 15) is 5.26 Å². The summed E-state index contributed by atoms with van der Waals surface area (Å²) in [7, 11) is 0. The summed E-state index contributed by atoms with van der Waals surface area (Å²) in [4.78, 5) is 6.92. The van der Waals surface area contributed by atoms with Crippen LogP contribution < -0.4 is 5.32 Å². The third-order valence-corrected chi connectivity index (χ3v) is 4.39. The van der Waals surface area contributed by atoms with Crippen LogP contribution in [-0.4, -0.2) is 29.5 Å². The number of fused-ring (bicyclic) bond motifs is 1. The van der Waals surface area contributed by atoms with Crippen LogP contribution in [0.3, 0.4) is 0 Å². The van der Waals surface area contributed by atoms with Crippen LogP contribution in [0.1, 0.15) is 27.9 Å². The molecular weight excluding hydrogens is 284 g/mol. The highest BCUT2D eigenvalue weighted by atomic mass is 15.1. The quantitative estimate of drug-likeness (QED) is 0.943. The molecule has 1 aliphatic rings. The number of aromatic nitrogens is 1. The van der Waals surface area contributed by atoms with Crippen molar-refractivity contribution < 1.29 is 0 Å². The van der Waals surface area contributed by atoms with Gasteiger partial charge in [-0.3, -0.25) is 4.90 Å². The molecule has 0 aliphatic carbocycles. The Morgan fingerprint density at radius 2 is 2.04 bits per heavy atom. The van der Waals surface area contributed by atoms with Crippen molar-refractivity contribution in [3.05, 3.63) is 58.3 Å². The number of hydrogen-bond donors (Lipinski definition) is 1. The van der Waals surface area contributed by atoms with Gasteiger partial charge in [0, 0.05) is 31.9 Å². The second-order valence-corrected chi connectivity index (χ2v) is 6.14.